The Hall–Kier alpha value is -0.610. The minimum Gasteiger partial charge on any atom is -0.396 e. The summed E-state index contributed by atoms with van der Waals surface area (Å²) in [5, 5.41) is 15.6. The summed E-state index contributed by atoms with van der Waals surface area (Å²) in [6.07, 6.45) is 6.91. The highest BCUT2D eigenvalue weighted by Crippen LogP contribution is 2.25. The molecule has 1 fully saturated rings. The standard InChI is InChI=1S/C15H30N2O2/c1-3-6-13(7-11-18)12-16-14(19)15(8-4-2)9-5-10-17-15/h13,17-18H,3-12H2,1-2H3,(H,16,19). The van der Waals surface area contributed by atoms with E-state index in [-0.39, 0.29) is 18.1 Å². The van der Waals surface area contributed by atoms with E-state index in [1.807, 2.05) is 0 Å². The Morgan fingerprint density at radius 1 is 1.37 bits per heavy atom. The third-order valence-corrected chi connectivity index (χ3v) is 4.14. The molecule has 1 aliphatic heterocycles. The number of aliphatic hydroxyl groups is 1. The molecule has 0 aliphatic carbocycles. The largest absolute Gasteiger partial charge is 0.396 e. The van der Waals surface area contributed by atoms with E-state index >= 15 is 0 Å². The van der Waals surface area contributed by atoms with Crippen LogP contribution in [0.15, 0.2) is 0 Å². The van der Waals surface area contributed by atoms with Crippen LogP contribution in [0.25, 0.3) is 0 Å². The lowest BCUT2D eigenvalue weighted by molar-refractivity contribution is -0.127. The van der Waals surface area contributed by atoms with E-state index in [1.165, 1.54) is 0 Å². The van der Waals surface area contributed by atoms with Gasteiger partial charge in [-0.15, -0.1) is 0 Å². The summed E-state index contributed by atoms with van der Waals surface area (Å²) >= 11 is 0. The summed E-state index contributed by atoms with van der Waals surface area (Å²) in [5.41, 5.74) is -0.329. The number of amides is 1. The van der Waals surface area contributed by atoms with Gasteiger partial charge in [-0.3, -0.25) is 4.79 Å². The zero-order valence-corrected chi connectivity index (χ0v) is 12.5. The lowest BCUT2D eigenvalue weighted by Gasteiger charge is -2.29. The molecule has 4 nitrogen and oxygen atoms in total. The van der Waals surface area contributed by atoms with E-state index in [1.54, 1.807) is 0 Å². The molecule has 19 heavy (non-hydrogen) atoms. The number of aliphatic hydroxyl groups excluding tert-OH is 1. The molecule has 4 heteroatoms. The Labute approximate surface area is 117 Å². The molecule has 0 aromatic heterocycles. The Balaban J connectivity index is 2.47. The van der Waals surface area contributed by atoms with E-state index in [4.69, 9.17) is 5.11 Å². The van der Waals surface area contributed by atoms with Gasteiger partial charge in [-0.05, 0) is 44.6 Å². The molecule has 2 atom stereocenters. The van der Waals surface area contributed by atoms with E-state index < -0.39 is 0 Å². The first-order chi connectivity index (χ1) is 9.18. The molecule has 1 rings (SSSR count). The molecule has 1 amide bonds. The summed E-state index contributed by atoms with van der Waals surface area (Å²) in [6, 6.07) is 0. The second-order valence-corrected chi connectivity index (χ2v) is 5.74. The summed E-state index contributed by atoms with van der Waals surface area (Å²) in [4.78, 5) is 12.4. The molecule has 0 aromatic carbocycles. The second-order valence-electron chi connectivity index (χ2n) is 5.74. The third-order valence-electron chi connectivity index (χ3n) is 4.14. The van der Waals surface area contributed by atoms with E-state index in [0.717, 1.165) is 51.5 Å². The Morgan fingerprint density at radius 2 is 2.16 bits per heavy atom. The molecular weight excluding hydrogens is 240 g/mol. The number of rotatable bonds is 9. The number of nitrogens with one attached hydrogen (secondary N) is 2. The maximum absolute atomic E-state index is 12.4. The molecule has 0 spiro atoms. The van der Waals surface area contributed by atoms with Gasteiger partial charge in [0.15, 0.2) is 0 Å². The van der Waals surface area contributed by atoms with Gasteiger partial charge in [0.05, 0.1) is 5.54 Å². The maximum Gasteiger partial charge on any atom is 0.240 e. The highest BCUT2D eigenvalue weighted by atomic mass is 16.3. The zero-order chi connectivity index (χ0) is 14.1. The van der Waals surface area contributed by atoms with Crippen LogP contribution in [0.3, 0.4) is 0 Å². The van der Waals surface area contributed by atoms with Crippen molar-refractivity contribution in [2.45, 2.75) is 64.3 Å². The lowest BCUT2D eigenvalue weighted by atomic mass is 9.90. The van der Waals surface area contributed by atoms with Gasteiger partial charge < -0.3 is 15.7 Å². The van der Waals surface area contributed by atoms with Crippen molar-refractivity contribution < 1.29 is 9.90 Å². The molecule has 112 valence electrons. The van der Waals surface area contributed by atoms with Crippen LogP contribution in [0.4, 0.5) is 0 Å². The summed E-state index contributed by atoms with van der Waals surface area (Å²) in [6.45, 7) is 6.12. The Kier molecular flexibility index (Phi) is 7.39. The predicted octanol–water partition coefficient (Wildman–Crippen LogP) is 1.82. The topological polar surface area (TPSA) is 61.4 Å². The summed E-state index contributed by atoms with van der Waals surface area (Å²) in [7, 11) is 0. The van der Waals surface area contributed by atoms with Crippen LogP contribution in [-0.2, 0) is 4.79 Å². The van der Waals surface area contributed by atoms with Gasteiger partial charge in [-0.1, -0.05) is 26.7 Å². The smallest absolute Gasteiger partial charge is 0.240 e. The van der Waals surface area contributed by atoms with Crippen molar-refractivity contribution in [3.63, 3.8) is 0 Å². The maximum atomic E-state index is 12.4. The third kappa shape index (κ3) is 4.77. The molecule has 1 heterocycles. The van der Waals surface area contributed by atoms with Gasteiger partial charge in [0.1, 0.15) is 0 Å². The SMILES string of the molecule is CCCC(CCO)CNC(=O)C1(CCC)CCCN1. The second kappa shape index (κ2) is 8.54. The van der Waals surface area contributed by atoms with Gasteiger partial charge in [0.2, 0.25) is 5.91 Å². The minimum absolute atomic E-state index is 0.158. The number of carbonyl (C=O) groups is 1. The van der Waals surface area contributed by atoms with E-state index in [0.29, 0.717) is 12.5 Å². The Morgan fingerprint density at radius 3 is 2.68 bits per heavy atom. The number of hydrogen-bond donors (Lipinski definition) is 3. The monoisotopic (exact) mass is 270 g/mol. The fourth-order valence-electron chi connectivity index (χ4n) is 3.10. The average molecular weight is 270 g/mol. The fraction of sp³-hybridized carbons (Fsp3) is 0.933. The number of hydrogen-bond acceptors (Lipinski definition) is 3. The molecule has 0 radical (unpaired) electrons. The van der Waals surface area contributed by atoms with Gasteiger partial charge in [0, 0.05) is 13.2 Å². The first kappa shape index (κ1) is 16.4. The lowest BCUT2D eigenvalue weighted by Crippen LogP contribution is -2.54. The van der Waals surface area contributed by atoms with Crippen LogP contribution in [0, 0.1) is 5.92 Å². The Bertz CT molecular complexity index is 257. The fourth-order valence-corrected chi connectivity index (χ4v) is 3.10. The molecule has 3 N–H and O–H groups in total. The molecular formula is C15H30N2O2. The van der Waals surface area contributed by atoms with Crippen molar-refractivity contribution in [1.82, 2.24) is 10.6 Å². The van der Waals surface area contributed by atoms with Crippen molar-refractivity contribution in [3.8, 4) is 0 Å². The predicted molar refractivity (Wildman–Crippen MR) is 78.0 cm³/mol. The van der Waals surface area contributed by atoms with Crippen molar-refractivity contribution in [2.24, 2.45) is 5.92 Å². The average Bonchev–Trinajstić information content (AvgIpc) is 2.86. The summed E-state index contributed by atoms with van der Waals surface area (Å²) in [5.74, 6) is 0.560. The minimum atomic E-state index is -0.329. The van der Waals surface area contributed by atoms with Crippen molar-refractivity contribution in [1.29, 1.82) is 0 Å². The molecule has 0 saturated carbocycles. The highest BCUT2D eigenvalue weighted by Gasteiger charge is 2.39. The summed E-state index contributed by atoms with van der Waals surface area (Å²) < 4.78 is 0. The van der Waals surface area contributed by atoms with Crippen LogP contribution in [-0.4, -0.2) is 36.2 Å². The molecule has 1 aliphatic rings. The van der Waals surface area contributed by atoms with Crippen LogP contribution in [0.2, 0.25) is 0 Å². The molecule has 1 saturated heterocycles. The first-order valence-corrected chi connectivity index (χ1v) is 7.82. The quantitative estimate of drug-likeness (QED) is 0.599. The van der Waals surface area contributed by atoms with Gasteiger partial charge in [-0.2, -0.15) is 0 Å². The van der Waals surface area contributed by atoms with Crippen LogP contribution in [0.5, 0.6) is 0 Å². The highest BCUT2D eigenvalue weighted by molar-refractivity contribution is 5.86. The van der Waals surface area contributed by atoms with E-state index in [2.05, 4.69) is 24.5 Å². The zero-order valence-electron chi connectivity index (χ0n) is 12.5. The van der Waals surface area contributed by atoms with Gasteiger partial charge in [-0.25, -0.2) is 0 Å². The first-order valence-electron chi connectivity index (χ1n) is 7.82. The van der Waals surface area contributed by atoms with Gasteiger partial charge in [0.25, 0.3) is 0 Å². The van der Waals surface area contributed by atoms with Crippen LogP contribution >= 0.6 is 0 Å². The van der Waals surface area contributed by atoms with Crippen molar-refractivity contribution >= 4 is 5.91 Å². The van der Waals surface area contributed by atoms with Crippen LogP contribution < -0.4 is 10.6 Å². The van der Waals surface area contributed by atoms with E-state index in [9.17, 15) is 4.79 Å². The molecule has 0 bridgehead atoms. The molecule has 2 unspecified atom stereocenters. The van der Waals surface area contributed by atoms with Gasteiger partial charge >= 0.3 is 0 Å². The van der Waals surface area contributed by atoms with Crippen molar-refractivity contribution in [3.05, 3.63) is 0 Å². The normalized spacial score (nSPS) is 24.4. The van der Waals surface area contributed by atoms with Crippen molar-refractivity contribution in [2.75, 3.05) is 19.7 Å². The molecule has 0 aromatic rings. The van der Waals surface area contributed by atoms with Crippen LogP contribution in [0.1, 0.15) is 58.8 Å². The number of carbonyl (C=O) groups excluding carboxylic acids is 1.